The Hall–Kier alpha value is -0.830. The average molecular weight is 649 g/mol. The van der Waals surface area contributed by atoms with Crippen LogP contribution in [0.1, 0.15) is 245 Å². The SMILES string of the molecule is CCCCCCCCCCCCCCCCCCCCCCCCC(=O)OCCCCCCCC/C=C\C[C@H](O)CCCCCC. The molecule has 0 aliphatic heterocycles. The van der Waals surface area contributed by atoms with Crippen molar-refractivity contribution in [3.8, 4) is 0 Å². The van der Waals surface area contributed by atoms with E-state index in [0.717, 1.165) is 44.9 Å². The highest BCUT2D eigenvalue weighted by Crippen LogP contribution is 2.16. The van der Waals surface area contributed by atoms with Crippen LogP contribution in [0.5, 0.6) is 0 Å². The Kier molecular flexibility index (Phi) is 39.6. The first-order valence-corrected chi connectivity index (χ1v) is 21.2. The van der Waals surface area contributed by atoms with E-state index in [9.17, 15) is 9.90 Å². The van der Waals surface area contributed by atoms with E-state index in [1.54, 1.807) is 0 Å². The molecule has 274 valence electrons. The van der Waals surface area contributed by atoms with Gasteiger partial charge in [-0.15, -0.1) is 0 Å². The smallest absolute Gasteiger partial charge is 0.305 e. The molecule has 0 aliphatic rings. The molecule has 3 nitrogen and oxygen atoms in total. The van der Waals surface area contributed by atoms with Crippen molar-refractivity contribution in [2.24, 2.45) is 0 Å². The molecular weight excluding hydrogens is 564 g/mol. The van der Waals surface area contributed by atoms with Crippen molar-refractivity contribution in [2.45, 2.75) is 251 Å². The topological polar surface area (TPSA) is 46.5 Å². The van der Waals surface area contributed by atoms with E-state index in [2.05, 4.69) is 26.0 Å². The van der Waals surface area contributed by atoms with Crippen LogP contribution in [-0.4, -0.2) is 23.8 Å². The second-order valence-corrected chi connectivity index (χ2v) is 14.5. The van der Waals surface area contributed by atoms with E-state index in [4.69, 9.17) is 4.74 Å². The van der Waals surface area contributed by atoms with Gasteiger partial charge in [-0.2, -0.15) is 0 Å². The quantitative estimate of drug-likeness (QED) is 0.0410. The normalized spacial score (nSPS) is 12.3. The number of ether oxygens (including phenoxy) is 1. The number of unbranched alkanes of at least 4 members (excludes halogenated alkanes) is 30. The maximum atomic E-state index is 12.0. The highest BCUT2D eigenvalue weighted by atomic mass is 16.5. The van der Waals surface area contributed by atoms with Crippen LogP contribution in [0.3, 0.4) is 0 Å². The third-order valence-corrected chi connectivity index (χ3v) is 9.73. The van der Waals surface area contributed by atoms with Gasteiger partial charge in [0.05, 0.1) is 12.7 Å². The van der Waals surface area contributed by atoms with Crippen LogP contribution in [0.25, 0.3) is 0 Å². The Morgan fingerprint density at radius 2 is 0.848 bits per heavy atom. The van der Waals surface area contributed by atoms with Crippen LogP contribution in [0.15, 0.2) is 12.2 Å². The summed E-state index contributed by atoms with van der Waals surface area (Å²) in [6.07, 6.45) is 50.4. The lowest BCUT2D eigenvalue weighted by Crippen LogP contribution is -2.05. The summed E-state index contributed by atoms with van der Waals surface area (Å²) in [4.78, 5) is 12.0. The summed E-state index contributed by atoms with van der Waals surface area (Å²) in [5.41, 5.74) is 0. The van der Waals surface area contributed by atoms with E-state index in [1.165, 1.54) is 180 Å². The first kappa shape index (κ1) is 45.2. The van der Waals surface area contributed by atoms with Gasteiger partial charge in [-0.1, -0.05) is 212 Å². The van der Waals surface area contributed by atoms with E-state index >= 15 is 0 Å². The van der Waals surface area contributed by atoms with Crippen molar-refractivity contribution in [1.82, 2.24) is 0 Å². The first-order chi connectivity index (χ1) is 22.7. The van der Waals surface area contributed by atoms with Gasteiger partial charge in [-0.3, -0.25) is 4.79 Å². The number of aliphatic hydroxyl groups excluding tert-OH is 1. The van der Waals surface area contributed by atoms with E-state index in [-0.39, 0.29) is 12.1 Å². The molecule has 1 N–H and O–H groups in total. The molecule has 0 aliphatic carbocycles. The molecule has 1 atom stereocenters. The molecule has 0 aromatic carbocycles. The zero-order chi connectivity index (χ0) is 33.4. The molecule has 3 heteroatoms. The zero-order valence-corrected chi connectivity index (χ0v) is 31.7. The van der Waals surface area contributed by atoms with Gasteiger partial charge < -0.3 is 9.84 Å². The second kappa shape index (κ2) is 40.3. The summed E-state index contributed by atoms with van der Waals surface area (Å²) in [7, 11) is 0. The van der Waals surface area contributed by atoms with Crippen molar-refractivity contribution in [2.75, 3.05) is 6.61 Å². The standard InChI is InChI=1S/C43H84O3/c1-3-5-7-9-10-11-12-13-14-15-16-17-18-19-20-21-22-23-26-29-32-36-40-43(45)46-41-37-33-30-27-24-25-28-31-35-39-42(44)38-34-8-6-4-2/h31,35,42,44H,3-30,32-34,36-41H2,1-2H3/b35-31-/t42-/m1/s1. The molecular formula is C43H84O3. The number of carbonyl (C=O) groups is 1. The molecule has 0 bridgehead atoms. The predicted molar refractivity (Wildman–Crippen MR) is 204 cm³/mol. The number of esters is 1. The van der Waals surface area contributed by atoms with Gasteiger partial charge in [0.1, 0.15) is 0 Å². The highest BCUT2D eigenvalue weighted by Gasteiger charge is 2.03. The van der Waals surface area contributed by atoms with Crippen LogP contribution in [0, 0.1) is 0 Å². The number of carbonyl (C=O) groups excluding carboxylic acids is 1. The lowest BCUT2D eigenvalue weighted by Gasteiger charge is -2.07. The van der Waals surface area contributed by atoms with E-state index in [1.807, 2.05) is 0 Å². The third-order valence-electron chi connectivity index (χ3n) is 9.73. The van der Waals surface area contributed by atoms with Gasteiger partial charge in [0.15, 0.2) is 0 Å². The Morgan fingerprint density at radius 3 is 1.30 bits per heavy atom. The molecule has 0 saturated heterocycles. The predicted octanol–water partition coefficient (Wildman–Crippen LogP) is 14.5. The van der Waals surface area contributed by atoms with Gasteiger partial charge >= 0.3 is 5.97 Å². The molecule has 0 heterocycles. The Balaban J connectivity index is 3.22. The van der Waals surface area contributed by atoms with Gasteiger partial charge in [0.25, 0.3) is 0 Å². The monoisotopic (exact) mass is 649 g/mol. The number of rotatable bonds is 39. The molecule has 0 rings (SSSR count). The molecule has 0 spiro atoms. The fraction of sp³-hybridized carbons (Fsp3) is 0.930. The van der Waals surface area contributed by atoms with Crippen LogP contribution in [0.4, 0.5) is 0 Å². The fourth-order valence-corrected chi connectivity index (χ4v) is 6.50. The molecule has 0 amide bonds. The maximum Gasteiger partial charge on any atom is 0.305 e. The molecule has 0 saturated carbocycles. The van der Waals surface area contributed by atoms with E-state index in [0.29, 0.717) is 13.0 Å². The first-order valence-electron chi connectivity index (χ1n) is 21.2. The van der Waals surface area contributed by atoms with Crippen molar-refractivity contribution < 1.29 is 14.6 Å². The van der Waals surface area contributed by atoms with Crippen LogP contribution < -0.4 is 0 Å². The Bertz CT molecular complexity index is 601. The summed E-state index contributed by atoms with van der Waals surface area (Å²) in [6.45, 7) is 5.12. The molecule has 0 radical (unpaired) electrons. The molecule has 0 aromatic heterocycles. The Morgan fingerprint density at radius 1 is 0.478 bits per heavy atom. The van der Waals surface area contributed by atoms with Crippen LogP contribution in [0.2, 0.25) is 0 Å². The number of aliphatic hydroxyl groups is 1. The zero-order valence-electron chi connectivity index (χ0n) is 31.7. The summed E-state index contributed by atoms with van der Waals surface area (Å²) >= 11 is 0. The van der Waals surface area contributed by atoms with Crippen LogP contribution in [-0.2, 0) is 9.53 Å². The van der Waals surface area contributed by atoms with Crippen LogP contribution >= 0.6 is 0 Å². The van der Waals surface area contributed by atoms with Crippen molar-refractivity contribution >= 4 is 5.97 Å². The fourth-order valence-electron chi connectivity index (χ4n) is 6.50. The molecule has 46 heavy (non-hydrogen) atoms. The minimum absolute atomic E-state index is 0.00558. The molecule has 0 fully saturated rings. The average Bonchev–Trinajstić information content (AvgIpc) is 3.06. The highest BCUT2D eigenvalue weighted by molar-refractivity contribution is 5.69. The number of hydrogen-bond donors (Lipinski definition) is 1. The van der Waals surface area contributed by atoms with E-state index < -0.39 is 0 Å². The summed E-state index contributed by atoms with van der Waals surface area (Å²) in [5.74, 6) is 0.00558. The maximum absolute atomic E-state index is 12.0. The third kappa shape index (κ3) is 39.3. The van der Waals surface area contributed by atoms with Gasteiger partial charge in [0.2, 0.25) is 0 Å². The Labute approximate surface area is 289 Å². The summed E-state index contributed by atoms with van der Waals surface area (Å²) in [6, 6.07) is 0. The van der Waals surface area contributed by atoms with Gasteiger partial charge in [-0.05, 0) is 38.5 Å². The van der Waals surface area contributed by atoms with Crippen molar-refractivity contribution in [1.29, 1.82) is 0 Å². The molecule has 0 aromatic rings. The van der Waals surface area contributed by atoms with Gasteiger partial charge in [0, 0.05) is 6.42 Å². The number of allylic oxidation sites excluding steroid dienone is 1. The lowest BCUT2D eigenvalue weighted by atomic mass is 10.0. The number of hydrogen-bond acceptors (Lipinski definition) is 3. The van der Waals surface area contributed by atoms with Crippen molar-refractivity contribution in [3.63, 3.8) is 0 Å². The minimum Gasteiger partial charge on any atom is -0.466 e. The minimum atomic E-state index is -0.157. The van der Waals surface area contributed by atoms with Gasteiger partial charge in [-0.25, -0.2) is 0 Å². The summed E-state index contributed by atoms with van der Waals surface area (Å²) < 4.78 is 5.45. The molecule has 0 unspecified atom stereocenters. The summed E-state index contributed by atoms with van der Waals surface area (Å²) in [5, 5.41) is 10.0. The lowest BCUT2D eigenvalue weighted by molar-refractivity contribution is -0.143. The van der Waals surface area contributed by atoms with Crippen molar-refractivity contribution in [3.05, 3.63) is 12.2 Å². The second-order valence-electron chi connectivity index (χ2n) is 14.5. The largest absolute Gasteiger partial charge is 0.466 e.